The van der Waals surface area contributed by atoms with Crippen LogP contribution in [0.3, 0.4) is 0 Å². The van der Waals surface area contributed by atoms with Crippen molar-refractivity contribution in [2.45, 2.75) is 13.3 Å². The normalized spacial score (nSPS) is 9.84. The Morgan fingerprint density at radius 1 is 1.26 bits per heavy atom. The Bertz CT molecular complexity index is 445. The van der Waals surface area contributed by atoms with Crippen LogP contribution in [0.25, 0.3) is 0 Å². The molecular formula is C14H19NO4. The van der Waals surface area contributed by atoms with Crippen LogP contribution in [0.2, 0.25) is 0 Å². The highest BCUT2D eigenvalue weighted by atomic mass is 16.5. The molecule has 5 nitrogen and oxygen atoms in total. The van der Waals surface area contributed by atoms with Gasteiger partial charge in [-0.05, 0) is 18.6 Å². The molecule has 0 aliphatic rings. The molecule has 5 heteroatoms. The van der Waals surface area contributed by atoms with Gasteiger partial charge in [-0.2, -0.15) is 0 Å². The summed E-state index contributed by atoms with van der Waals surface area (Å²) in [5.74, 6) is 0.184. The summed E-state index contributed by atoms with van der Waals surface area (Å²) >= 11 is 0. The van der Waals surface area contributed by atoms with Crippen LogP contribution in [-0.4, -0.2) is 44.1 Å². The summed E-state index contributed by atoms with van der Waals surface area (Å²) in [6.07, 6.45) is 0.184. The topological polar surface area (TPSA) is 55.8 Å². The number of esters is 1. The highest BCUT2D eigenvalue weighted by Crippen LogP contribution is 2.15. The number of methoxy groups -OCH3 is 1. The van der Waals surface area contributed by atoms with Crippen LogP contribution in [-0.2, 0) is 14.3 Å². The second-order valence-corrected chi connectivity index (χ2v) is 4.20. The van der Waals surface area contributed by atoms with E-state index in [9.17, 15) is 9.59 Å². The van der Waals surface area contributed by atoms with Crippen molar-refractivity contribution >= 4 is 11.9 Å². The first-order valence-electron chi connectivity index (χ1n) is 6.03. The zero-order chi connectivity index (χ0) is 14.3. The summed E-state index contributed by atoms with van der Waals surface area (Å²) in [6.45, 7) is 2.20. The monoisotopic (exact) mass is 265 g/mol. The number of carbonyl (C=O) groups is 2. The van der Waals surface area contributed by atoms with E-state index in [0.29, 0.717) is 12.3 Å². The molecule has 1 aromatic carbocycles. The minimum Gasteiger partial charge on any atom is -0.484 e. The van der Waals surface area contributed by atoms with Gasteiger partial charge in [0.1, 0.15) is 5.75 Å². The summed E-state index contributed by atoms with van der Waals surface area (Å²) in [6, 6.07) is 7.50. The van der Waals surface area contributed by atoms with Gasteiger partial charge < -0.3 is 14.4 Å². The number of aryl methyl sites for hydroxylation is 1. The van der Waals surface area contributed by atoms with Crippen LogP contribution >= 0.6 is 0 Å². The van der Waals surface area contributed by atoms with Crippen molar-refractivity contribution in [1.29, 1.82) is 0 Å². The quantitative estimate of drug-likeness (QED) is 0.729. The van der Waals surface area contributed by atoms with Gasteiger partial charge in [-0.25, -0.2) is 0 Å². The lowest BCUT2D eigenvalue weighted by molar-refractivity contribution is -0.141. The number of hydrogen-bond acceptors (Lipinski definition) is 4. The maximum atomic E-state index is 11.8. The molecule has 0 N–H and O–H groups in total. The molecule has 1 rings (SSSR count). The molecular weight excluding hydrogens is 246 g/mol. The molecule has 0 saturated carbocycles. The highest BCUT2D eigenvalue weighted by Gasteiger charge is 2.12. The van der Waals surface area contributed by atoms with E-state index in [0.717, 1.165) is 5.56 Å². The smallest absolute Gasteiger partial charge is 0.307 e. The van der Waals surface area contributed by atoms with Crippen LogP contribution in [0.15, 0.2) is 24.3 Å². The fraction of sp³-hybridized carbons (Fsp3) is 0.429. The lowest BCUT2D eigenvalue weighted by atomic mass is 10.2. The summed E-state index contributed by atoms with van der Waals surface area (Å²) in [7, 11) is 2.96. The van der Waals surface area contributed by atoms with E-state index in [4.69, 9.17) is 4.74 Å². The summed E-state index contributed by atoms with van der Waals surface area (Å²) in [5, 5.41) is 0. The van der Waals surface area contributed by atoms with Gasteiger partial charge in [0.2, 0.25) is 0 Å². The summed E-state index contributed by atoms with van der Waals surface area (Å²) < 4.78 is 9.96. The third-order valence-corrected chi connectivity index (χ3v) is 2.75. The maximum Gasteiger partial charge on any atom is 0.307 e. The van der Waals surface area contributed by atoms with Gasteiger partial charge in [-0.15, -0.1) is 0 Å². The average molecular weight is 265 g/mol. The summed E-state index contributed by atoms with van der Waals surface area (Å²) in [4.78, 5) is 24.2. The number of benzene rings is 1. The molecule has 0 unspecified atom stereocenters. The Kier molecular flexibility index (Phi) is 5.85. The minimum absolute atomic E-state index is 0.0392. The lowest BCUT2D eigenvalue weighted by Gasteiger charge is -2.17. The van der Waals surface area contributed by atoms with E-state index >= 15 is 0 Å². The molecule has 19 heavy (non-hydrogen) atoms. The molecule has 0 spiro atoms. The maximum absolute atomic E-state index is 11.8. The number of carbonyl (C=O) groups excluding carboxylic acids is 2. The second kappa shape index (κ2) is 7.41. The Labute approximate surface area is 113 Å². The standard InChI is InChI=1S/C14H19NO4/c1-11-6-4-5-7-12(11)19-10-13(16)15(2)9-8-14(17)18-3/h4-7H,8-10H2,1-3H3. The van der Waals surface area contributed by atoms with Crippen LogP contribution < -0.4 is 4.74 Å². The molecule has 1 aromatic rings. The SMILES string of the molecule is COC(=O)CCN(C)C(=O)COc1ccccc1C. The Balaban J connectivity index is 2.38. The fourth-order valence-corrected chi connectivity index (χ4v) is 1.45. The predicted molar refractivity (Wildman–Crippen MR) is 70.9 cm³/mol. The van der Waals surface area contributed by atoms with Crippen molar-refractivity contribution in [3.63, 3.8) is 0 Å². The van der Waals surface area contributed by atoms with E-state index in [-0.39, 0.29) is 24.9 Å². The third kappa shape index (κ3) is 4.99. The first kappa shape index (κ1) is 15.0. The zero-order valence-electron chi connectivity index (χ0n) is 11.5. The van der Waals surface area contributed by atoms with Crippen molar-refractivity contribution < 1.29 is 19.1 Å². The second-order valence-electron chi connectivity index (χ2n) is 4.20. The number of ether oxygens (including phenoxy) is 2. The molecule has 0 radical (unpaired) electrons. The van der Waals surface area contributed by atoms with Crippen LogP contribution in [0.4, 0.5) is 0 Å². The molecule has 0 bridgehead atoms. The van der Waals surface area contributed by atoms with Crippen LogP contribution in [0.5, 0.6) is 5.75 Å². The largest absolute Gasteiger partial charge is 0.484 e. The number of amides is 1. The van der Waals surface area contributed by atoms with E-state index in [1.165, 1.54) is 12.0 Å². The lowest BCUT2D eigenvalue weighted by Crippen LogP contribution is -2.33. The van der Waals surface area contributed by atoms with Gasteiger partial charge in [0, 0.05) is 13.6 Å². The van der Waals surface area contributed by atoms with Gasteiger partial charge >= 0.3 is 5.97 Å². The Morgan fingerprint density at radius 2 is 1.95 bits per heavy atom. The third-order valence-electron chi connectivity index (χ3n) is 2.75. The van der Waals surface area contributed by atoms with Crippen LogP contribution in [0.1, 0.15) is 12.0 Å². The molecule has 104 valence electrons. The average Bonchev–Trinajstić information content (AvgIpc) is 2.43. The van der Waals surface area contributed by atoms with Crippen molar-refractivity contribution in [2.24, 2.45) is 0 Å². The van der Waals surface area contributed by atoms with E-state index in [1.54, 1.807) is 7.05 Å². The number of rotatable bonds is 6. The predicted octanol–water partition coefficient (Wildman–Crippen LogP) is 1.40. The van der Waals surface area contributed by atoms with Gasteiger partial charge in [-0.1, -0.05) is 18.2 Å². The fourth-order valence-electron chi connectivity index (χ4n) is 1.45. The minimum atomic E-state index is -0.334. The van der Waals surface area contributed by atoms with Crippen LogP contribution in [0, 0.1) is 6.92 Å². The van der Waals surface area contributed by atoms with Crippen molar-refractivity contribution in [3.05, 3.63) is 29.8 Å². The molecule has 0 aromatic heterocycles. The Morgan fingerprint density at radius 3 is 2.58 bits per heavy atom. The van der Waals surface area contributed by atoms with E-state index < -0.39 is 0 Å². The summed E-state index contributed by atoms with van der Waals surface area (Å²) in [5.41, 5.74) is 0.979. The highest BCUT2D eigenvalue weighted by molar-refractivity contribution is 5.78. The first-order chi connectivity index (χ1) is 9.04. The molecule has 0 atom stereocenters. The van der Waals surface area contributed by atoms with Gasteiger partial charge in [-0.3, -0.25) is 9.59 Å². The van der Waals surface area contributed by atoms with Crippen molar-refractivity contribution in [3.8, 4) is 5.75 Å². The number of para-hydroxylation sites is 1. The molecule has 0 aliphatic heterocycles. The molecule has 0 aliphatic carbocycles. The molecule has 0 saturated heterocycles. The molecule has 0 heterocycles. The Hall–Kier alpha value is -2.04. The number of nitrogens with zero attached hydrogens (tertiary/aromatic N) is 1. The van der Waals surface area contributed by atoms with Gasteiger partial charge in [0.15, 0.2) is 6.61 Å². The van der Waals surface area contributed by atoms with Crippen molar-refractivity contribution in [2.75, 3.05) is 27.3 Å². The van der Waals surface area contributed by atoms with Crippen molar-refractivity contribution in [1.82, 2.24) is 4.90 Å². The zero-order valence-corrected chi connectivity index (χ0v) is 11.5. The van der Waals surface area contributed by atoms with Gasteiger partial charge in [0.25, 0.3) is 5.91 Å². The number of hydrogen-bond donors (Lipinski definition) is 0. The van der Waals surface area contributed by atoms with Gasteiger partial charge in [0.05, 0.1) is 13.5 Å². The number of likely N-dealkylation sites (N-methyl/N-ethyl adjacent to an activating group) is 1. The van der Waals surface area contributed by atoms with E-state index in [1.807, 2.05) is 31.2 Å². The first-order valence-corrected chi connectivity index (χ1v) is 6.03. The van der Waals surface area contributed by atoms with E-state index in [2.05, 4.69) is 4.74 Å². The molecule has 1 amide bonds. The molecule has 0 fully saturated rings.